The molecule has 3 rings (SSSR count). The van der Waals surface area contributed by atoms with Gasteiger partial charge in [0.15, 0.2) is 0 Å². The molecule has 1 N–H and O–H groups in total. The van der Waals surface area contributed by atoms with Crippen LogP contribution in [0, 0.1) is 28.6 Å². The second kappa shape index (κ2) is 6.11. The summed E-state index contributed by atoms with van der Waals surface area (Å²) in [5.41, 5.74) is 3.89. The Hall–Kier alpha value is -2.47. The first kappa shape index (κ1) is 17.4. The van der Waals surface area contributed by atoms with Gasteiger partial charge in [-0.2, -0.15) is 0 Å². The molecular formula is C22H24O3. The largest absolute Gasteiger partial charge is 0.497 e. The fourth-order valence-corrected chi connectivity index (χ4v) is 4.28. The molecular weight excluding hydrogens is 312 g/mol. The van der Waals surface area contributed by atoms with Crippen LogP contribution in [-0.4, -0.2) is 17.7 Å². The first-order valence-corrected chi connectivity index (χ1v) is 8.57. The summed E-state index contributed by atoms with van der Waals surface area (Å²) in [6.07, 6.45) is 4.93. The minimum atomic E-state index is -0.920. The number of carboxylic acids is 1. The van der Waals surface area contributed by atoms with Crippen molar-refractivity contribution in [3.8, 4) is 11.8 Å². The molecule has 1 aliphatic heterocycles. The molecule has 3 heteroatoms. The number of carbonyl (C=O) groups is 1. The average molecular weight is 336 g/mol. The summed E-state index contributed by atoms with van der Waals surface area (Å²) in [4.78, 5) is 11.0. The van der Waals surface area contributed by atoms with Crippen molar-refractivity contribution < 1.29 is 14.6 Å². The molecule has 0 aromatic heterocycles. The summed E-state index contributed by atoms with van der Waals surface area (Å²) < 4.78 is 5.58. The van der Waals surface area contributed by atoms with Crippen LogP contribution in [0.1, 0.15) is 50.0 Å². The molecule has 1 aliphatic carbocycles. The van der Waals surface area contributed by atoms with Gasteiger partial charge in [0, 0.05) is 5.56 Å². The van der Waals surface area contributed by atoms with Crippen LogP contribution in [0.15, 0.2) is 47.7 Å². The van der Waals surface area contributed by atoms with Gasteiger partial charge >= 0.3 is 5.97 Å². The Bertz CT molecular complexity index is 811. The summed E-state index contributed by atoms with van der Waals surface area (Å²) in [5, 5.41) is 8.99. The van der Waals surface area contributed by atoms with Gasteiger partial charge in [0.05, 0.1) is 17.7 Å². The molecule has 0 radical (unpaired) electrons. The molecule has 1 aromatic carbocycles. The van der Waals surface area contributed by atoms with Gasteiger partial charge in [0.2, 0.25) is 0 Å². The Balaban J connectivity index is 1.98. The Labute approximate surface area is 149 Å². The third-order valence-corrected chi connectivity index (χ3v) is 5.17. The first-order valence-electron chi connectivity index (χ1n) is 8.57. The number of ether oxygens (including phenoxy) is 1. The van der Waals surface area contributed by atoms with Gasteiger partial charge in [-0.1, -0.05) is 39.5 Å². The number of carboxylic acid groups (broad SMARTS) is 1. The lowest BCUT2D eigenvalue weighted by Gasteiger charge is -2.47. The maximum atomic E-state index is 11.0. The maximum Gasteiger partial charge on any atom is 0.335 e. The zero-order chi connectivity index (χ0) is 18.2. The van der Waals surface area contributed by atoms with Crippen molar-refractivity contribution in [3.05, 3.63) is 58.9 Å². The van der Waals surface area contributed by atoms with E-state index in [1.165, 1.54) is 11.1 Å². The van der Waals surface area contributed by atoms with Crippen LogP contribution in [0.4, 0.5) is 0 Å². The molecule has 0 spiro atoms. The fraction of sp³-hybridized carbons (Fsp3) is 0.409. The zero-order valence-electron chi connectivity index (χ0n) is 15.2. The van der Waals surface area contributed by atoms with Crippen molar-refractivity contribution in [3.63, 3.8) is 0 Å². The Kier molecular flexibility index (Phi) is 4.24. The Morgan fingerprint density at radius 2 is 1.88 bits per heavy atom. The second-order valence-corrected chi connectivity index (χ2v) is 8.19. The zero-order valence-corrected chi connectivity index (χ0v) is 15.2. The van der Waals surface area contributed by atoms with Gasteiger partial charge in [-0.05, 0) is 58.7 Å². The van der Waals surface area contributed by atoms with Gasteiger partial charge in [-0.25, -0.2) is 4.79 Å². The Morgan fingerprint density at radius 3 is 2.52 bits per heavy atom. The minimum absolute atomic E-state index is 0.0465. The lowest BCUT2D eigenvalue weighted by molar-refractivity contribution is 0.0697. The molecule has 3 nitrogen and oxygen atoms in total. The fourth-order valence-electron chi connectivity index (χ4n) is 4.28. The topological polar surface area (TPSA) is 46.5 Å². The standard InChI is InChI=1S/C22H24O3/c1-21(2)14-22(3,4)19-11-12-25-13-17(19)18(21)10-7-15-5-8-16(9-6-15)20(23)24/h5-6,8-9,11-12,18H,13-14H2,1-4H3,(H,23,24). The summed E-state index contributed by atoms with van der Waals surface area (Å²) in [6, 6.07) is 6.73. The van der Waals surface area contributed by atoms with Crippen molar-refractivity contribution in [2.45, 2.75) is 34.1 Å². The van der Waals surface area contributed by atoms with Crippen molar-refractivity contribution in [2.75, 3.05) is 6.61 Å². The van der Waals surface area contributed by atoms with Crippen LogP contribution in [-0.2, 0) is 4.74 Å². The number of benzene rings is 1. The average Bonchev–Trinajstić information content (AvgIpc) is 2.54. The highest BCUT2D eigenvalue weighted by atomic mass is 16.5. The molecule has 0 fully saturated rings. The monoisotopic (exact) mass is 336 g/mol. The predicted octanol–water partition coefficient (Wildman–Crippen LogP) is 4.65. The van der Waals surface area contributed by atoms with Crippen molar-refractivity contribution in [1.82, 2.24) is 0 Å². The molecule has 1 heterocycles. The first-order chi connectivity index (χ1) is 11.7. The molecule has 0 saturated carbocycles. The third-order valence-electron chi connectivity index (χ3n) is 5.17. The number of allylic oxidation sites excluding steroid dienone is 2. The predicted molar refractivity (Wildman–Crippen MR) is 98.1 cm³/mol. The van der Waals surface area contributed by atoms with Gasteiger partial charge in [-0.3, -0.25) is 0 Å². The lowest BCUT2D eigenvalue weighted by Crippen LogP contribution is -2.39. The number of hydrogen-bond acceptors (Lipinski definition) is 2. The highest BCUT2D eigenvalue weighted by Crippen LogP contribution is 2.53. The van der Waals surface area contributed by atoms with E-state index < -0.39 is 5.97 Å². The normalized spacial score (nSPS) is 23.1. The number of rotatable bonds is 1. The minimum Gasteiger partial charge on any atom is -0.497 e. The van der Waals surface area contributed by atoms with Crippen LogP contribution in [0.2, 0.25) is 0 Å². The van der Waals surface area contributed by atoms with Crippen LogP contribution >= 0.6 is 0 Å². The van der Waals surface area contributed by atoms with E-state index in [1.54, 1.807) is 30.5 Å². The van der Waals surface area contributed by atoms with E-state index in [4.69, 9.17) is 9.84 Å². The smallest absolute Gasteiger partial charge is 0.335 e. The molecule has 130 valence electrons. The third kappa shape index (κ3) is 3.35. The molecule has 1 atom stereocenters. The SMILES string of the molecule is CC1(C)CC(C)(C)C(C#Cc2ccc(C(=O)O)cc2)C2=C1C=COC2. The van der Waals surface area contributed by atoms with E-state index in [9.17, 15) is 4.79 Å². The van der Waals surface area contributed by atoms with Crippen molar-refractivity contribution in [1.29, 1.82) is 0 Å². The van der Waals surface area contributed by atoms with Gasteiger partial charge in [0.25, 0.3) is 0 Å². The summed E-state index contributed by atoms with van der Waals surface area (Å²) in [7, 11) is 0. The molecule has 25 heavy (non-hydrogen) atoms. The highest BCUT2D eigenvalue weighted by Gasteiger charge is 2.45. The lowest BCUT2D eigenvalue weighted by atomic mass is 9.57. The van der Waals surface area contributed by atoms with Crippen molar-refractivity contribution >= 4 is 5.97 Å². The van der Waals surface area contributed by atoms with Gasteiger partial charge in [-0.15, -0.1) is 0 Å². The van der Waals surface area contributed by atoms with Crippen LogP contribution in [0.5, 0.6) is 0 Å². The van der Waals surface area contributed by atoms with E-state index >= 15 is 0 Å². The van der Waals surface area contributed by atoms with Crippen LogP contribution in [0.3, 0.4) is 0 Å². The van der Waals surface area contributed by atoms with E-state index in [0.717, 1.165) is 12.0 Å². The van der Waals surface area contributed by atoms with E-state index in [1.807, 2.05) is 0 Å². The second-order valence-electron chi connectivity index (χ2n) is 8.19. The summed E-state index contributed by atoms with van der Waals surface area (Å²) >= 11 is 0. The van der Waals surface area contributed by atoms with Gasteiger partial charge < -0.3 is 9.84 Å². The molecule has 2 aliphatic rings. The maximum absolute atomic E-state index is 11.0. The number of hydrogen-bond donors (Lipinski definition) is 1. The summed E-state index contributed by atoms with van der Waals surface area (Å²) in [5.74, 6) is 5.89. The van der Waals surface area contributed by atoms with Crippen molar-refractivity contribution in [2.24, 2.45) is 16.7 Å². The van der Waals surface area contributed by atoms with E-state index in [2.05, 4.69) is 45.6 Å². The van der Waals surface area contributed by atoms with Crippen LogP contribution < -0.4 is 0 Å². The number of aromatic carboxylic acids is 1. The van der Waals surface area contributed by atoms with Gasteiger partial charge in [0.1, 0.15) is 6.61 Å². The highest BCUT2D eigenvalue weighted by molar-refractivity contribution is 5.87. The molecule has 0 amide bonds. The van der Waals surface area contributed by atoms with Crippen LogP contribution in [0.25, 0.3) is 0 Å². The molecule has 1 aromatic rings. The molecule has 1 unspecified atom stereocenters. The van der Waals surface area contributed by atoms with E-state index in [0.29, 0.717) is 6.61 Å². The Morgan fingerprint density at radius 1 is 1.20 bits per heavy atom. The quantitative estimate of drug-likeness (QED) is 0.759. The molecule has 0 bridgehead atoms. The molecule has 0 saturated heterocycles. The van der Waals surface area contributed by atoms with E-state index in [-0.39, 0.29) is 22.3 Å². The summed E-state index contributed by atoms with van der Waals surface area (Å²) in [6.45, 7) is 9.70.